The molecule has 0 amide bonds. The van der Waals surface area contributed by atoms with E-state index in [0.717, 1.165) is 24.6 Å². The summed E-state index contributed by atoms with van der Waals surface area (Å²) >= 11 is 6.62. The van der Waals surface area contributed by atoms with Crippen molar-refractivity contribution in [2.24, 2.45) is 11.8 Å². The van der Waals surface area contributed by atoms with E-state index in [9.17, 15) is 14.3 Å². The van der Waals surface area contributed by atoms with Crippen LogP contribution in [0.3, 0.4) is 0 Å². The van der Waals surface area contributed by atoms with E-state index in [1.807, 2.05) is 6.92 Å². The van der Waals surface area contributed by atoms with E-state index in [0.29, 0.717) is 5.92 Å². The van der Waals surface area contributed by atoms with Gasteiger partial charge in [-0.2, -0.15) is 5.10 Å². The molecule has 0 radical (unpaired) electrons. The molecule has 0 bridgehead atoms. The Morgan fingerprint density at radius 3 is 2.92 bits per heavy atom. The Labute approximate surface area is 159 Å². The average molecular weight is 400 g/mol. The van der Waals surface area contributed by atoms with Crippen molar-refractivity contribution in [3.63, 3.8) is 0 Å². The number of halogens is 2. The number of hydrogen-bond donors (Lipinski definition) is 1. The van der Waals surface area contributed by atoms with E-state index >= 15 is 0 Å². The fraction of sp³-hybridized carbons (Fsp3) is 0.471. The summed E-state index contributed by atoms with van der Waals surface area (Å²) in [6.45, 7) is 1.86. The minimum atomic E-state index is -1.52. The molecular formula is C17H19ClFN3O3S. The molecule has 1 fully saturated rings. The highest BCUT2D eigenvalue weighted by Gasteiger charge is 2.46. The first kappa shape index (κ1) is 19.1. The van der Waals surface area contributed by atoms with E-state index in [1.54, 1.807) is 6.07 Å². The Balaban J connectivity index is 1.97. The Bertz CT molecular complexity index is 814. The monoisotopic (exact) mass is 399 g/mol. The van der Waals surface area contributed by atoms with Gasteiger partial charge in [0.2, 0.25) is 0 Å². The van der Waals surface area contributed by atoms with Gasteiger partial charge >= 0.3 is 5.30 Å². The molecule has 1 aliphatic carbocycles. The molecule has 2 unspecified atom stereocenters. The zero-order valence-electron chi connectivity index (χ0n) is 14.4. The zero-order valence-corrected chi connectivity index (χ0v) is 15.9. The average Bonchev–Trinajstić information content (AvgIpc) is 3.36. The van der Waals surface area contributed by atoms with Gasteiger partial charge in [0.15, 0.2) is 5.16 Å². The molecule has 1 aromatic carbocycles. The smallest absolute Gasteiger partial charge is 0.374 e. The van der Waals surface area contributed by atoms with Crippen LogP contribution in [-0.2, 0) is 16.9 Å². The number of rotatable bonds is 6. The molecule has 1 saturated carbocycles. The number of benzene rings is 1. The molecule has 26 heavy (non-hydrogen) atoms. The van der Waals surface area contributed by atoms with Crippen molar-refractivity contribution in [2.75, 3.05) is 7.11 Å². The molecule has 0 aliphatic heterocycles. The SMILES string of the molecule is COC(=O)Sc1ncnn1CC(O)(c1ccc(Cl)cc1F)C(C)C1CC1. The van der Waals surface area contributed by atoms with Crippen LogP contribution in [0.1, 0.15) is 25.3 Å². The molecule has 0 saturated heterocycles. The summed E-state index contributed by atoms with van der Waals surface area (Å²) in [5.41, 5.74) is -1.36. The van der Waals surface area contributed by atoms with Crippen LogP contribution in [0, 0.1) is 17.7 Å². The second-order valence-electron chi connectivity index (χ2n) is 6.43. The molecule has 1 N–H and O–H groups in total. The molecule has 1 heterocycles. The fourth-order valence-corrected chi connectivity index (χ4v) is 3.79. The molecule has 3 rings (SSSR count). The molecule has 2 atom stereocenters. The fourth-order valence-electron chi connectivity index (χ4n) is 3.09. The molecule has 9 heteroatoms. The maximum absolute atomic E-state index is 14.6. The number of carbonyl (C=O) groups is 1. The molecule has 1 aromatic heterocycles. The predicted molar refractivity (Wildman–Crippen MR) is 95.5 cm³/mol. The second kappa shape index (κ2) is 7.54. The van der Waals surface area contributed by atoms with Crippen LogP contribution in [0.25, 0.3) is 0 Å². The second-order valence-corrected chi connectivity index (χ2v) is 7.77. The van der Waals surface area contributed by atoms with Crippen molar-refractivity contribution < 1.29 is 19.0 Å². The van der Waals surface area contributed by atoms with Gasteiger partial charge < -0.3 is 9.84 Å². The van der Waals surface area contributed by atoms with Crippen molar-refractivity contribution in [1.82, 2.24) is 14.8 Å². The lowest BCUT2D eigenvalue weighted by molar-refractivity contribution is -0.0489. The van der Waals surface area contributed by atoms with Gasteiger partial charge in [0, 0.05) is 22.3 Å². The van der Waals surface area contributed by atoms with Gasteiger partial charge in [-0.05, 0) is 36.8 Å². The summed E-state index contributed by atoms with van der Waals surface area (Å²) in [5, 5.41) is 15.6. The number of methoxy groups -OCH3 is 1. The van der Waals surface area contributed by atoms with Gasteiger partial charge in [-0.3, -0.25) is 0 Å². The van der Waals surface area contributed by atoms with Crippen LogP contribution < -0.4 is 0 Å². The molecule has 0 spiro atoms. The van der Waals surface area contributed by atoms with Crippen molar-refractivity contribution in [1.29, 1.82) is 0 Å². The van der Waals surface area contributed by atoms with Crippen LogP contribution in [0.2, 0.25) is 5.02 Å². The molecule has 2 aromatic rings. The van der Waals surface area contributed by atoms with Gasteiger partial charge in [0.05, 0.1) is 13.7 Å². The number of nitrogens with zero attached hydrogens (tertiary/aromatic N) is 3. The van der Waals surface area contributed by atoms with Crippen LogP contribution in [0.5, 0.6) is 0 Å². The third-order valence-electron chi connectivity index (χ3n) is 4.79. The molecular weight excluding hydrogens is 381 g/mol. The molecule has 140 valence electrons. The number of hydrogen-bond acceptors (Lipinski definition) is 6. The van der Waals surface area contributed by atoms with Crippen molar-refractivity contribution in [3.05, 3.63) is 40.9 Å². The van der Waals surface area contributed by atoms with Crippen molar-refractivity contribution >= 4 is 28.7 Å². The van der Waals surface area contributed by atoms with Gasteiger partial charge in [0.25, 0.3) is 0 Å². The molecule has 1 aliphatic rings. The summed E-state index contributed by atoms with van der Waals surface area (Å²) in [6, 6.07) is 4.24. The van der Waals surface area contributed by atoms with Gasteiger partial charge in [-0.1, -0.05) is 24.6 Å². The number of ether oxygens (including phenoxy) is 1. The normalized spacial score (nSPS) is 17.6. The number of thioether (sulfide) groups is 1. The maximum atomic E-state index is 14.6. The topological polar surface area (TPSA) is 77.2 Å². The quantitative estimate of drug-likeness (QED) is 0.587. The van der Waals surface area contributed by atoms with E-state index in [-0.39, 0.29) is 28.2 Å². The minimum Gasteiger partial charge on any atom is -0.461 e. The standard InChI is InChI=1S/C17H19ClFN3O3S/c1-10(11-3-4-11)17(24,13-6-5-12(18)7-14(13)19)8-22-15(20-9-21-22)26-16(23)25-2/h5-7,9-11,24H,3-4,8H2,1-2H3. The Kier molecular flexibility index (Phi) is 5.55. The largest absolute Gasteiger partial charge is 0.461 e. The highest BCUT2D eigenvalue weighted by Crippen LogP contribution is 2.47. The van der Waals surface area contributed by atoms with Gasteiger partial charge in [-0.15, -0.1) is 0 Å². The minimum absolute atomic E-state index is 0.0391. The number of carbonyl (C=O) groups excluding carboxylic acids is 1. The summed E-state index contributed by atoms with van der Waals surface area (Å²) in [5.74, 6) is -0.483. The first-order valence-corrected chi connectivity index (χ1v) is 9.36. The van der Waals surface area contributed by atoms with Crippen LogP contribution in [0.4, 0.5) is 9.18 Å². The van der Waals surface area contributed by atoms with Crippen LogP contribution in [-0.4, -0.2) is 32.3 Å². The lowest BCUT2D eigenvalue weighted by Crippen LogP contribution is -2.40. The predicted octanol–water partition coefficient (Wildman–Crippen LogP) is 3.86. The Morgan fingerprint density at radius 1 is 1.58 bits per heavy atom. The lowest BCUT2D eigenvalue weighted by atomic mass is 9.79. The third kappa shape index (κ3) is 3.87. The van der Waals surface area contributed by atoms with E-state index in [4.69, 9.17) is 11.6 Å². The summed E-state index contributed by atoms with van der Waals surface area (Å²) < 4.78 is 20.6. The summed E-state index contributed by atoms with van der Waals surface area (Å²) in [7, 11) is 1.27. The van der Waals surface area contributed by atoms with E-state index < -0.39 is 16.7 Å². The van der Waals surface area contributed by atoms with Gasteiger partial charge in [-0.25, -0.2) is 18.9 Å². The highest BCUT2D eigenvalue weighted by atomic mass is 35.5. The van der Waals surface area contributed by atoms with E-state index in [2.05, 4.69) is 14.8 Å². The maximum Gasteiger partial charge on any atom is 0.374 e. The lowest BCUT2D eigenvalue weighted by Gasteiger charge is -2.35. The first-order chi connectivity index (χ1) is 12.3. The third-order valence-corrected chi connectivity index (χ3v) is 5.86. The number of aromatic nitrogens is 3. The molecule has 6 nitrogen and oxygen atoms in total. The van der Waals surface area contributed by atoms with E-state index in [1.165, 1.54) is 30.3 Å². The summed E-state index contributed by atoms with van der Waals surface area (Å²) in [4.78, 5) is 15.6. The Morgan fingerprint density at radius 2 is 2.31 bits per heavy atom. The van der Waals surface area contributed by atoms with Crippen molar-refractivity contribution in [2.45, 2.75) is 37.1 Å². The highest BCUT2D eigenvalue weighted by molar-refractivity contribution is 8.13. The van der Waals surface area contributed by atoms with Crippen LogP contribution >= 0.6 is 23.4 Å². The first-order valence-electron chi connectivity index (χ1n) is 8.16. The van der Waals surface area contributed by atoms with Crippen molar-refractivity contribution in [3.8, 4) is 0 Å². The zero-order chi connectivity index (χ0) is 18.9. The van der Waals surface area contributed by atoms with Crippen LogP contribution in [0.15, 0.2) is 29.7 Å². The Hall–Kier alpha value is -1.64. The number of aliphatic hydroxyl groups is 1. The van der Waals surface area contributed by atoms with Gasteiger partial charge in [0.1, 0.15) is 17.7 Å². The summed E-state index contributed by atoms with van der Waals surface area (Å²) in [6.07, 6.45) is 3.26.